The van der Waals surface area contributed by atoms with Gasteiger partial charge in [-0.1, -0.05) is 0 Å². The molecule has 2 heterocycles. The third-order valence-corrected chi connectivity index (χ3v) is 2.33. The summed E-state index contributed by atoms with van der Waals surface area (Å²) >= 11 is 2.84. The molecule has 0 saturated heterocycles. The Balaban J connectivity index is 2.71. The van der Waals surface area contributed by atoms with Gasteiger partial charge in [-0.3, -0.25) is 0 Å². The molecule has 2 aromatic heterocycles. The fraction of sp³-hybridized carbons (Fsp3) is 0.143. The Morgan fingerprint density at radius 1 is 1.36 bits per heavy atom. The average molecular weight is 266 g/mol. The van der Waals surface area contributed by atoms with Crippen molar-refractivity contribution >= 4 is 21.6 Å². The molecule has 7 heteroatoms. The van der Waals surface area contributed by atoms with Gasteiger partial charge in [0.05, 0.1) is 5.56 Å². The van der Waals surface area contributed by atoms with E-state index in [-0.39, 0.29) is 4.47 Å². The number of rotatable bonds is 0. The number of alkyl halides is 3. The van der Waals surface area contributed by atoms with Crippen molar-refractivity contribution in [1.29, 1.82) is 0 Å². The monoisotopic (exact) mass is 265 g/mol. The molecule has 0 bridgehead atoms. The van der Waals surface area contributed by atoms with E-state index in [0.29, 0.717) is 5.65 Å². The molecule has 0 spiro atoms. The molecule has 0 atom stereocenters. The SMILES string of the molecule is FC(F)(F)c1cn2ncnc2cc1Br. The van der Waals surface area contributed by atoms with E-state index in [1.807, 2.05) is 0 Å². The van der Waals surface area contributed by atoms with Crippen molar-refractivity contribution in [2.24, 2.45) is 0 Å². The number of hydrogen-bond acceptors (Lipinski definition) is 2. The fourth-order valence-electron chi connectivity index (χ4n) is 1.05. The zero-order valence-electron chi connectivity index (χ0n) is 6.59. The van der Waals surface area contributed by atoms with Gasteiger partial charge in [0.15, 0.2) is 5.65 Å². The van der Waals surface area contributed by atoms with Crippen molar-refractivity contribution in [2.45, 2.75) is 6.18 Å². The second-order valence-corrected chi connectivity index (χ2v) is 3.45. The van der Waals surface area contributed by atoms with Gasteiger partial charge in [0.2, 0.25) is 0 Å². The molecule has 0 saturated carbocycles. The van der Waals surface area contributed by atoms with E-state index in [2.05, 4.69) is 26.0 Å². The number of halogens is 4. The van der Waals surface area contributed by atoms with Crippen molar-refractivity contribution in [2.75, 3.05) is 0 Å². The summed E-state index contributed by atoms with van der Waals surface area (Å²) in [5.74, 6) is 0. The lowest BCUT2D eigenvalue weighted by Gasteiger charge is -2.08. The van der Waals surface area contributed by atoms with E-state index in [1.54, 1.807) is 0 Å². The van der Waals surface area contributed by atoms with Crippen LogP contribution in [0.4, 0.5) is 13.2 Å². The molecule has 0 aromatic carbocycles. The van der Waals surface area contributed by atoms with Crippen LogP contribution in [0.1, 0.15) is 5.56 Å². The Labute approximate surface area is 84.7 Å². The highest BCUT2D eigenvalue weighted by molar-refractivity contribution is 9.10. The van der Waals surface area contributed by atoms with E-state index in [4.69, 9.17) is 0 Å². The Kier molecular flexibility index (Phi) is 1.99. The van der Waals surface area contributed by atoms with Crippen molar-refractivity contribution in [1.82, 2.24) is 14.6 Å². The first-order valence-electron chi connectivity index (χ1n) is 3.54. The Bertz CT molecular complexity index is 476. The summed E-state index contributed by atoms with van der Waals surface area (Å²) in [6.45, 7) is 0. The number of hydrogen-bond donors (Lipinski definition) is 0. The van der Waals surface area contributed by atoms with Crippen LogP contribution in [-0.2, 0) is 6.18 Å². The summed E-state index contributed by atoms with van der Waals surface area (Å²) in [6, 6.07) is 1.27. The van der Waals surface area contributed by atoms with Crippen LogP contribution in [-0.4, -0.2) is 14.6 Å². The van der Waals surface area contributed by atoms with E-state index in [9.17, 15) is 13.2 Å². The van der Waals surface area contributed by atoms with Crippen LogP contribution in [0, 0.1) is 0 Å². The predicted molar refractivity (Wildman–Crippen MR) is 45.7 cm³/mol. The summed E-state index contributed by atoms with van der Waals surface area (Å²) in [7, 11) is 0. The molecule has 0 aliphatic heterocycles. The topological polar surface area (TPSA) is 30.2 Å². The van der Waals surface area contributed by atoms with E-state index in [1.165, 1.54) is 12.4 Å². The maximum Gasteiger partial charge on any atom is 0.418 e. The molecular formula is C7H3BrF3N3. The highest BCUT2D eigenvalue weighted by atomic mass is 79.9. The minimum atomic E-state index is -4.39. The van der Waals surface area contributed by atoms with Crippen LogP contribution in [0.3, 0.4) is 0 Å². The Morgan fingerprint density at radius 3 is 2.71 bits per heavy atom. The van der Waals surface area contributed by atoms with E-state index >= 15 is 0 Å². The second kappa shape index (κ2) is 2.94. The van der Waals surface area contributed by atoms with Crippen LogP contribution in [0.25, 0.3) is 5.65 Å². The highest BCUT2D eigenvalue weighted by Crippen LogP contribution is 2.34. The number of nitrogens with zero attached hydrogens (tertiary/aromatic N) is 3. The smallest absolute Gasteiger partial charge is 0.220 e. The van der Waals surface area contributed by atoms with Crippen molar-refractivity contribution in [3.63, 3.8) is 0 Å². The first-order valence-corrected chi connectivity index (χ1v) is 4.34. The molecule has 14 heavy (non-hydrogen) atoms. The predicted octanol–water partition coefficient (Wildman–Crippen LogP) is 2.51. The van der Waals surface area contributed by atoms with Crippen LogP contribution in [0.2, 0.25) is 0 Å². The van der Waals surface area contributed by atoms with Crippen LogP contribution in [0.5, 0.6) is 0 Å². The average Bonchev–Trinajstić information content (AvgIpc) is 2.47. The first-order chi connectivity index (χ1) is 6.48. The fourth-order valence-corrected chi connectivity index (χ4v) is 1.58. The zero-order chi connectivity index (χ0) is 10.3. The molecule has 0 aliphatic carbocycles. The first kappa shape index (κ1) is 9.45. The van der Waals surface area contributed by atoms with Gasteiger partial charge in [-0.05, 0) is 22.0 Å². The molecule has 0 N–H and O–H groups in total. The zero-order valence-corrected chi connectivity index (χ0v) is 8.17. The lowest BCUT2D eigenvalue weighted by atomic mass is 10.3. The van der Waals surface area contributed by atoms with Crippen LogP contribution in [0.15, 0.2) is 23.1 Å². The summed E-state index contributed by atoms with van der Waals surface area (Å²) in [6.07, 6.45) is -2.30. The van der Waals surface area contributed by atoms with Crippen LogP contribution < -0.4 is 0 Å². The molecule has 74 valence electrons. The van der Waals surface area contributed by atoms with Crippen LogP contribution >= 0.6 is 15.9 Å². The van der Waals surface area contributed by atoms with Gasteiger partial charge in [-0.25, -0.2) is 9.50 Å². The summed E-state index contributed by atoms with van der Waals surface area (Å²) < 4.78 is 38.2. The van der Waals surface area contributed by atoms with Gasteiger partial charge in [0, 0.05) is 10.7 Å². The molecule has 2 aromatic rings. The molecule has 0 aliphatic rings. The molecule has 2 rings (SSSR count). The Morgan fingerprint density at radius 2 is 2.07 bits per heavy atom. The van der Waals surface area contributed by atoms with Gasteiger partial charge >= 0.3 is 6.18 Å². The maximum absolute atomic E-state index is 12.4. The second-order valence-electron chi connectivity index (χ2n) is 2.60. The van der Waals surface area contributed by atoms with E-state index < -0.39 is 11.7 Å². The lowest BCUT2D eigenvalue weighted by molar-refractivity contribution is -0.138. The molecule has 0 amide bonds. The van der Waals surface area contributed by atoms with Gasteiger partial charge in [0.1, 0.15) is 6.33 Å². The lowest BCUT2D eigenvalue weighted by Crippen LogP contribution is -2.08. The quantitative estimate of drug-likeness (QED) is 0.733. The van der Waals surface area contributed by atoms with Crippen molar-refractivity contribution in [3.05, 3.63) is 28.6 Å². The molecule has 0 unspecified atom stereocenters. The van der Waals surface area contributed by atoms with E-state index in [0.717, 1.165) is 10.7 Å². The minimum Gasteiger partial charge on any atom is -0.220 e. The maximum atomic E-state index is 12.4. The molecule has 0 fully saturated rings. The molecule has 0 radical (unpaired) electrons. The van der Waals surface area contributed by atoms with Gasteiger partial charge in [-0.2, -0.15) is 18.3 Å². The number of pyridine rings is 1. The normalized spacial score (nSPS) is 12.3. The number of fused-ring (bicyclic) bond motifs is 1. The highest BCUT2D eigenvalue weighted by Gasteiger charge is 2.33. The largest absolute Gasteiger partial charge is 0.418 e. The van der Waals surface area contributed by atoms with Gasteiger partial charge < -0.3 is 0 Å². The van der Waals surface area contributed by atoms with Gasteiger partial charge in [-0.15, -0.1) is 0 Å². The third kappa shape index (κ3) is 1.47. The molecule has 3 nitrogen and oxygen atoms in total. The summed E-state index contributed by atoms with van der Waals surface area (Å²) in [5.41, 5.74) is -0.402. The van der Waals surface area contributed by atoms with Crippen molar-refractivity contribution < 1.29 is 13.2 Å². The standard InChI is InChI=1S/C7H3BrF3N3/c8-5-1-6-12-3-13-14(6)2-4(5)7(9,10)11/h1-3H. The Hall–Kier alpha value is -1.11. The van der Waals surface area contributed by atoms with Gasteiger partial charge in [0.25, 0.3) is 0 Å². The third-order valence-electron chi connectivity index (χ3n) is 1.67. The summed E-state index contributed by atoms with van der Waals surface area (Å²) in [4.78, 5) is 3.76. The minimum absolute atomic E-state index is 0.0366. The van der Waals surface area contributed by atoms with Crippen molar-refractivity contribution in [3.8, 4) is 0 Å². The number of aromatic nitrogens is 3. The molecular weight excluding hydrogens is 263 g/mol. The summed E-state index contributed by atoms with van der Waals surface area (Å²) in [5, 5.41) is 3.62.